The van der Waals surface area contributed by atoms with Crippen molar-refractivity contribution in [2.45, 2.75) is 6.42 Å². The number of rotatable bonds is 4. The molecule has 0 spiro atoms. The van der Waals surface area contributed by atoms with Gasteiger partial charge in [0.25, 0.3) is 0 Å². The maximum Gasteiger partial charge on any atom is 0.166 e. The fourth-order valence-corrected chi connectivity index (χ4v) is 1.31. The molecule has 78 valence electrons. The Morgan fingerprint density at radius 2 is 2.00 bits per heavy atom. The molecule has 0 unspecified atom stereocenters. The van der Waals surface area contributed by atoms with E-state index in [9.17, 15) is 4.39 Å². The Bertz CT molecular complexity index is 312. The number of aliphatic hydroxyl groups excluding tert-OH is 1. The maximum atomic E-state index is 13.3. The summed E-state index contributed by atoms with van der Waals surface area (Å²) >= 11 is 0. The second kappa shape index (κ2) is 4.81. The zero-order chi connectivity index (χ0) is 10.6. The predicted octanol–water partition coefficient (Wildman–Crippen LogP) is 1.38. The second-order valence-electron chi connectivity index (χ2n) is 2.74. The minimum absolute atomic E-state index is 0.125. The van der Waals surface area contributed by atoms with Crippen LogP contribution in [0.15, 0.2) is 12.1 Å². The van der Waals surface area contributed by atoms with E-state index in [1.165, 1.54) is 26.4 Å². The highest BCUT2D eigenvalue weighted by atomic mass is 19.1. The van der Waals surface area contributed by atoms with Gasteiger partial charge in [-0.05, 0) is 12.1 Å². The molecular formula is C10H13FO3. The molecule has 1 N–H and O–H groups in total. The largest absolute Gasteiger partial charge is 0.493 e. The van der Waals surface area contributed by atoms with Crippen molar-refractivity contribution in [2.75, 3.05) is 20.8 Å². The summed E-state index contributed by atoms with van der Waals surface area (Å²) in [6.07, 6.45) is 0.214. The van der Waals surface area contributed by atoms with Crippen LogP contribution in [0.5, 0.6) is 11.5 Å². The molecule has 0 heterocycles. The van der Waals surface area contributed by atoms with Crippen molar-refractivity contribution in [3.8, 4) is 11.5 Å². The number of hydrogen-bond acceptors (Lipinski definition) is 3. The second-order valence-corrected chi connectivity index (χ2v) is 2.74. The van der Waals surface area contributed by atoms with Gasteiger partial charge in [0.2, 0.25) is 0 Å². The Kier molecular flexibility index (Phi) is 3.71. The predicted molar refractivity (Wildman–Crippen MR) is 50.3 cm³/mol. The van der Waals surface area contributed by atoms with E-state index in [1.807, 2.05) is 0 Å². The van der Waals surface area contributed by atoms with E-state index in [-0.39, 0.29) is 13.0 Å². The molecule has 0 fully saturated rings. The van der Waals surface area contributed by atoms with Crippen LogP contribution in [0.25, 0.3) is 0 Å². The molecule has 14 heavy (non-hydrogen) atoms. The molecule has 1 aromatic rings. The van der Waals surface area contributed by atoms with Crippen molar-refractivity contribution in [1.82, 2.24) is 0 Å². The topological polar surface area (TPSA) is 38.7 Å². The molecule has 0 amide bonds. The first-order valence-electron chi connectivity index (χ1n) is 4.24. The highest BCUT2D eigenvalue weighted by Crippen LogP contribution is 2.32. The van der Waals surface area contributed by atoms with Gasteiger partial charge < -0.3 is 14.6 Å². The van der Waals surface area contributed by atoms with Gasteiger partial charge in [-0.3, -0.25) is 0 Å². The van der Waals surface area contributed by atoms with Crippen molar-refractivity contribution in [3.05, 3.63) is 23.5 Å². The average molecular weight is 200 g/mol. The van der Waals surface area contributed by atoms with Crippen molar-refractivity contribution >= 4 is 0 Å². The van der Waals surface area contributed by atoms with Gasteiger partial charge in [0, 0.05) is 18.6 Å². The lowest BCUT2D eigenvalue weighted by Crippen LogP contribution is -2.01. The zero-order valence-electron chi connectivity index (χ0n) is 8.21. The van der Waals surface area contributed by atoms with Crippen LogP contribution in [0.2, 0.25) is 0 Å². The Morgan fingerprint density at radius 1 is 1.29 bits per heavy atom. The highest BCUT2D eigenvalue weighted by Gasteiger charge is 2.13. The molecule has 1 aromatic carbocycles. The Hall–Kier alpha value is -1.29. The van der Waals surface area contributed by atoms with E-state index in [0.29, 0.717) is 17.1 Å². The molecule has 4 heteroatoms. The summed E-state index contributed by atoms with van der Waals surface area (Å²) in [7, 11) is 2.93. The molecule has 0 radical (unpaired) electrons. The molecular weight excluding hydrogens is 187 g/mol. The van der Waals surface area contributed by atoms with Gasteiger partial charge in [-0.25, -0.2) is 4.39 Å². The minimum Gasteiger partial charge on any atom is -0.493 e. The molecule has 0 bridgehead atoms. The van der Waals surface area contributed by atoms with E-state index in [0.717, 1.165) is 0 Å². The third-order valence-electron chi connectivity index (χ3n) is 1.95. The fraction of sp³-hybridized carbons (Fsp3) is 0.400. The Morgan fingerprint density at radius 3 is 2.50 bits per heavy atom. The Labute approximate surface area is 82.1 Å². The molecule has 0 aromatic heterocycles. The van der Waals surface area contributed by atoms with Gasteiger partial charge in [0.15, 0.2) is 11.5 Å². The van der Waals surface area contributed by atoms with Crippen LogP contribution in [0.4, 0.5) is 4.39 Å². The van der Waals surface area contributed by atoms with Crippen molar-refractivity contribution in [2.24, 2.45) is 0 Å². The molecule has 3 nitrogen and oxygen atoms in total. The first-order chi connectivity index (χ1) is 6.74. The molecule has 0 aliphatic rings. The van der Waals surface area contributed by atoms with Gasteiger partial charge >= 0.3 is 0 Å². The number of benzene rings is 1. The van der Waals surface area contributed by atoms with Gasteiger partial charge in [0.1, 0.15) is 5.82 Å². The average Bonchev–Trinajstić information content (AvgIpc) is 2.21. The molecule has 0 atom stereocenters. The van der Waals surface area contributed by atoms with Crippen LogP contribution >= 0.6 is 0 Å². The summed E-state index contributed by atoms with van der Waals surface area (Å²) in [5, 5.41) is 8.76. The third kappa shape index (κ3) is 1.96. The normalized spacial score (nSPS) is 10.0. The number of aliphatic hydroxyl groups is 1. The zero-order valence-corrected chi connectivity index (χ0v) is 8.21. The minimum atomic E-state index is -0.392. The van der Waals surface area contributed by atoms with Gasteiger partial charge in [0.05, 0.1) is 14.2 Å². The van der Waals surface area contributed by atoms with Crippen molar-refractivity contribution < 1.29 is 19.0 Å². The van der Waals surface area contributed by atoms with E-state index in [1.54, 1.807) is 0 Å². The van der Waals surface area contributed by atoms with E-state index < -0.39 is 5.82 Å². The number of halogens is 1. The lowest BCUT2D eigenvalue weighted by Gasteiger charge is -2.12. The maximum absolute atomic E-state index is 13.3. The Balaban J connectivity index is 3.20. The van der Waals surface area contributed by atoms with Crippen LogP contribution in [0.3, 0.4) is 0 Å². The van der Waals surface area contributed by atoms with E-state index in [2.05, 4.69) is 0 Å². The molecule has 1 rings (SSSR count). The van der Waals surface area contributed by atoms with Crippen LogP contribution in [0.1, 0.15) is 5.56 Å². The molecule has 0 aliphatic heterocycles. The molecule has 0 aliphatic carbocycles. The first-order valence-corrected chi connectivity index (χ1v) is 4.24. The van der Waals surface area contributed by atoms with Crippen LogP contribution in [0, 0.1) is 5.82 Å². The smallest absolute Gasteiger partial charge is 0.166 e. The number of hydrogen-bond donors (Lipinski definition) is 1. The van der Waals surface area contributed by atoms with Gasteiger partial charge in [-0.2, -0.15) is 0 Å². The van der Waals surface area contributed by atoms with Gasteiger partial charge in [-0.15, -0.1) is 0 Å². The summed E-state index contributed by atoms with van der Waals surface area (Å²) in [5.41, 5.74) is 0.342. The van der Waals surface area contributed by atoms with E-state index >= 15 is 0 Å². The monoisotopic (exact) mass is 200 g/mol. The lowest BCUT2D eigenvalue weighted by molar-refractivity contribution is 0.291. The van der Waals surface area contributed by atoms with E-state index in [4.69, 9.17) is 14.6 Å². The quantitative estimate of drug-likeness (QED) is 0.798. The first kappa shape index (κ1) is 10.8. The van der Waals surface area contributed by atoms with Crippen LogP contribution in [-0.4, -0.2) is 25.9 Å². The summed E-state index contributed by atoms with van der Waals surface area (Å²) in [6.45, 7) is -0.125. The summed E-state index contributed by atoms with van der Waals surface area (Å²) in [6, 6.07) is 2.79. The standard InChI is InChI=1S/C10H13FO3/c1-13-9-4-3-8(11)7(5-6-12)10(9)14-2/h3-4,12H,5-6H2,1-2H3. The SMILES string of the molecule is COc1ccc(F)c(CCO)c1OC. The molecule has 0 saturated heterocycles. The van der Waals surface area contributed by atoms with Crippen LogP contribution < -0.4 is 9.47 Å². The van der Waals surface area contributed by atoms with Crippen molar-refractivity contribution in [3.63, 3.8) is 0 Å². The van der Waals surface area contributed by atoms with Crippen LogP contribution in [-0.2, 0) is 6.42 Å². The highest BCUT2D eigenvalue weighted by molar-refractivity contribution is 5.47. The fourth-order valence-electron chi connectivity index (χ4n) is 1.31. The summed E-state index contributed by atoms with van der Waals surface area (Å²) in [5.74, 6) is 0.426. The number of methoxy groups -OCH3 is 2. The lowest BCUT2D eigenvalue weighted by atomic mass is 10.1. The number of ether oxygens (including phenoxy) is 2. The summed E-state index contributed by atoms with van der Waals surface area (Å²) < 4.78 is 23.3. The van der Waals surface area contributed by atoms with Crippen molar-refractivity contribution in [1.29, 1.82) is 0 Å². The third-order valence-corrected chi connectivity index (χ3v) is 1.95. The van der Waals surface area contributed by atoms with Gasteiger partial charge in [-0.1, -0.05) is 0 Å². The summed E-state index contributed by atoms with van der Waals surface area (Å²) in [4.78, 5) is 0. The molecule has 0 saturated carbocycles.